The molecule has 1 nitrogen and oxygen atoms in total. The second-order valence-corrected chi connectivity index (χ2v) is 5.14. The van der Waals surface area contributed by atoms with Gasteiger partial charge in [-0.15, -0.1) is 0 Å². The van der Waals surface area contributed by atoms with Crippen molar-refractivity contribution in [3.8, 4) is 0 Å². The summed E-state index contributed by atoms with van der Waals surface area (Å²) in [6.07, 6.45) is 2.25. The molecule has 0 aliphatic heterocycles. The Kier molecular flexibility index (Phi) is 3.48. The van der Waals surface area contributed by atoms with Crippen LogP contribution in [0.5, 0.6) is 0 Å². The molecule has 1 aromatic carbocycles. The van der Waals surface area contributed by atoms with Crippen LogP contribution in [0.2, 0.25) is 0 Å². The molecule has 17 heavy (non-hydrogen) atoms. The number of benzene rings is 1. The van der Waals surface area contributed by atoms with Crippen molar-refractivity contribution in [2.45, 2.75) is 39.2 Å². The van der Waals surface area contributed by atoms with Gasteiger partial charge in [0.15, 0.2) is 0 Å². The molecule has 0 spiro atoms. The quantitative estimate of drug-likeness (QED) is 0.834. The van der Waals surface area contributed by atoms with Crippen molar-refractivity contribution < 1.29 is 13.9 Å². The third-order valence-corrected chi connectivity index (χ3v) is 3.93. The van der Waals surface area contributed by atoms with Crippen LogP contribution in [0.3, 0.4) is 0 Å². The highest BCUT2D eigenvalue weighted by molar-refractivity contribution is 5.28. The topological polar surface area (TPSA) is 20.2 Å². The molecule has 3 atom stereocenters. The van der Waals surface area contributed by atoms with Crippen molar-refractivity contribution in [2.24, 2.45) is 11.8 Å². The minimum atomic E-state index is -0.813. The van der Waals surface area contributed by atoms with E-state index in [1.165, 1.54) is 6.07 Å². The predicted octanol–water partition coefficient (Wildman–Crippen LogP) is 3.74. The summed E-state index contributed by atoms with van der Waals surface area (Å²) in [5, 5.41) is 10.2. The average Bonchev–Trinajstić information content (AvgIpc) is 2.69. The fourth-order valence-electron chi connectivity index (χ4n) is 2.78. The molecular formula is C14H18F2O. The fourth-order valence-corrected chi connectivity index (χ4v) is 2.78. The zero-order valence-corrected chi connectivity index (χ0v) is 10.2. The molecule has 0 heterocycles. The van der Waals surface area contributed by atoms with Gasteiger partial charge < -0.3 is 5.11 Å². The molecule has 0 radical (unpaired) electrons. The second kappa shape index (κ2) is 4.73. The van der Waals surface area contributed by atoms with Crippen molar-refractivity contribution in [1.29, 1.82) is 0 Å². The minimum absolute atomic E-state index is 0.0920. The fraction of sp³-hybridized carbons (Fsp3) is 0.571. The first-order valence-electron chi connectivity index (χ1n) is 6.14. The zero-order valence-electron chi connectivity index (χ0n) is 10.2. The Bertz CT molecular complexity index is 417. The standard InChI is InChI=1S/C14H18F2O/c1-8-4-3-5-10(8)14(17)11-6-9(2)12(15)7-13(11)16/h6-8,10,14,17H,3-5H2,1-2H3. The lowest BCUT2D eigenvalue weighted by Crippen LogP contribution is -2.16. The molecule has 3 unspecified atom stereocenters. The highest BCUT2D eigenvalue weighted by atomic mass is 19.1. The van der Waals surface area contributed by atoms with E-state index in [2.05, 4.69) is 6.92 Å². The van der Waals surface area contributed by atoms with Gasteiger partial charge in [0.05, 0.1) is 6.10 Å². The lowest BCUT2D eigenvalue weighted by atomic mass is 9.87. The van der Waals surface area contributed by atoms with E-state index in [9.17, 15) is 13.9 Å². The van der Waals surface area contributed by atoms with Crippen molar-refractivity contribution in [3.05, 3.63) is 34.9 Å². The molecule has 0 aromatic heterocycles. The van der Waals surface area contributed by atoms with Crippen LogP contribution >= 0.6 is 0 Å². The van der Waals surface area contributed by atoms with E-state index in [-0.39, 0.29) is 11.5 Å². The summed E-state index contributed by atoms with van der Waals surface area (Å²) >= 11 is 0. The summed E-state index contributed by atoms with van der Waals surface area (Å²) in [7, 11) is 0. The molecule has 1 saturated carbocycles. The SMILES string of the molecule is Cc1cc(C(O)C2CCCC2C)c(F)cc1F. The van der Waals surface area contributed by atoms with E-state index in [4.69, 9.17) is 0 Å². The largest absolute Gasteiger partial charge is 0.388 e. The number of hydrogen-bond acceptors (Lipinski definition) is 1. The van der Waals surface area contributed by atoms with Crippen LogP contribution in [0, 0.1) is 30.4 Å². The molecule has 3 heteroatoms. The first-order chi connectivity index (χ1) is 8.00. The van der Waals surface area contributed by atoms with Gasteiger partial charge in [-0.1, -0.05) is 19.8 Å². The van der Waals surface area contributed by atoms with Crippen LogP contribution in [0.25, 0.3) is 0 Å². The summed E-state index contributed by atoms with van der Waals surface area (Å²) in [5.41, 5.74) is 0.619. The van der Waals surface area contributed by atoms with Crippen molar-refractivity contribution in [1.82, 2.24) is 0 Å². The Hall–Kier alpha value is -0.960. The van der Waals surface area contributed by atoms with E-state index < -0.39 is 17.7 Å². The Morgan fingerprint density at radius 3 is 2.53 bits per heavy atom. The smallest absolute Gasteiger partial charge is 0.131 e. The highest BCUT2D eigenvalue weighted by Gasteiger charge is 2.32. The molecule has 1 aliphatic carbocycles. The summed E-state index contributed by atoms with van der Waals surface area (Å²) in [6.45, 7) is 3.66. The molecule has 0 bridgehead atoms. The maximum absolute atomic E-state index is 13.7. The number of halogens is 2. The van der Waals surface area contributed by atoms with Gasteiger partial charge >= 0.3 is 0 Å². The lowest BCUT2D eigenvalue weighted by molar-refractivity contribution is 0.0865. The number of aliphatic hydroxyl groups is 1. The van der Waals surface area contributed by atoms with Crippen LogP contribution in [0.15, 0.2) is 12.1 Å². The zero-order chi connectivity index (χ0) is 12.6. The lowest BCUT2D eigenvalue weighted by Gasteiger charge is -2.23. The third kappa shape index (κ3) is 2.34. The van der Waals surface area contributed by atoms with Gasteiger partial charge in [-0.25, -0.2) is 8.78 Å². The molecule has 1 aromatic rings. The van der Waals surface area contributed by atoms with Gasteiger partial charge in [0.1, 0.15) is 11.6 Å². The third-order valence-electron chi connectivity index (χ3n) is 3.93. The number of aryl methyl sites for hydroxylation is 1. The van der Waals surface area contributed by atoms with E-state index in [1.807, 2.05) is 0 Å². The Balaban J connectivity index is 2.30. The van der Waals surface area contributed by atoms with E-state index in [0.717, 1.165) is 25.3 Å². The highest BCUT2D eigenvalue weighted by Crippen LogP contribution is 2.40. The molecule has 0 amide bonds. The molecule has 1 fully saturated rings. The van der Waals surface area contributed by atoms with E-state index in [0.29, 0.717) is 11.5 Å². The molecule has 2 rings (SSSR count). The number of aliphatic hydroxyl groups excluding tert-OH is 1. The maximum atomic E-state index is 13.7. The van der Waals surface area contributed by atoms with Gasteiger partial charge in [-0.2, -0.15) is 0 Å². The van der Waals surface area contributed by atoms with Crippen LogP contribution in [0.4, 0.5) is 8.78 Å². The summed E-state index contributed by atoms with van der Waals surface area (Å²) in [5.74, 6) is -0.707. The van der Waals surface area contributed by atoms with Crippen molar-refractivity contribution in [3.63, 3.8) is 0 Å². The average molecular weight is 240 g/mol. The second-order valence-electron chi connectivity index (χ2n) is 5.14. The summed E-state index contributed by atoms with van der Waals surface area (Å²) in [6, 6.07) is 2.30. The monoisotopic (exact) mass is 240 g/mol. The Morgan fingerprint density at radius 2 is 1.94 bits per heavy atom. The van der Waals surface area contributed by atoms with Crippen LogP contribution in [-0.4, -0.2) is 5.11 Å². The minimum Gasteiger partial charge on any atom is -0.388 e. The maximum Gasteiger partial charge on any atom is 0.131 e. The normalized spacial score (nSPS) is 26.2. The number of hydrogen-bond donors (Lipinski definition) is 1. The Morgan fingerprint density at radius 1 is 1.24 bits per heavy atom. The van der Waals surface area contributed by atoms with E-state index in [1.54, 1.807) is 6.92 Å². The summed E-state index contributed by atoms with van der Waals surface area (Å²) < 4.78 is 26.8. The first kappa shape index (κ1) is 12.5. The van der Waals surface area contributed by atoms with Crippen LogP contribution < -0.4 is 0 Å². The number of rotatable bonds is 2. The van der Waals surface area contributed by atoms with E-state index >= 15 is 0 Å². The van der Waals surface area contributed by atoms with Gasteiger partial charge in [-0.05, 0) is 36.8 Å². The van der Waals surface area contributed by atoms with Gasteiger partial charge in [0.25, 0.3) is 0 Å². The van der Waals surface area contributed by atoms with Gasteiger partial charge in [0, 0.05) is 11.6 Å². The molecule has 94 valence electrons. The van der Waals surface area contributed by atoms with Crippen molar-refractivity contribution in [2.75, 3.05) is 0 Å². The van der Waals surface area contributed by atoms with Crippen molar-refractivity contribution >= 4 is 0 Å². The van der Waals surface area contributed by atoms with Crippen LogP contribution in [0.1, 0.15) is 43.4 Å². The van der Waals surface area contributed by atoms with Crippen LogP contribution in [-0.2, 0) is 0 Å². The Labute approximate surface area is 100 Å². The molecule has 1 N–H and O–H groups in total. The summed E-state index contributed by atoms with van der Waals surface area (Å²) in [4.78, 5) is 0. The predicted molar refractivity (Wildman–Crippen MR) is 62.6 cm³/mol. The molecule has 0 saturated heterocycles. The molecular weight excluding hydrogens is 222 g/mol. The molecule has 1 aliphatic rings. The van der Waals surface area contributed by atoms with Gasteiger partial charge in [0.2, 0.25) is 0 Å². The van der Waals surface area contributed by atoms with Gasteiger partial charge in [-0.3, -0.25) is 0 Å². The first-order valence-corrected chi connectivity index (χ1v) is 6.14.